The smallest absolute Gasteiger partial charge is 0.280 e. The van der Waals surface area contributed by atoms with Crippen LogP contribution in [0.4, 0.5) is 5.69 Å². The summed E-state index contributed by atoms with van der Waals surface area (Å²) in [4.78, 5) is 25.7. The third kappa shape index (κ3) is 3.53. The van der Waals surface area contributed by atoms with Gasteiger partial charge in [0.2, 0.25) is 0 Å². The summed E-state index contributed by atoms with van der Waals surface area (Å²) in [6.45, 7) is 8.94. The van der Waals surface area contributed by atoms with Crippen LogP contribution in [-0.2, 0) is 0 Å². The molecule has 0 fully saturated rings. The summed E-state index contributed by atoms with van der Waals surface area (Å²) in [5, 5.41) is 6.01. The molecule has 7 heteroatoms. The molecule has 0 saturated heterocycles. The molecule has 0 unspecified atom stereocenters. The Morgan fingerprint density at radius 2 is 1.72 bits per heavy atom. The van der Waals surface area contributed by atoms with Crippen molar-refractivity contribution in [3.05, 3.63) is 106 Å². The SMILES string of the molecule is [C-]#[N+]c1ccc(-c2c(C)[nH]n(-c3ccc(-c4nc(-c5ccccc5)cs4)cn3)c2=O)cc1. The number of nitrogens with one attached hydrogen (secondary N) is 1. The van der Waals surface area contributed by atoms with Crippen molar-refractivity contribution in [2.75, 3.05) is 0 Å². The van der Waals surface area contributed by atoms with Crippen LogP contribution in [0.1, 0.15) is 5.69 Å². The van der Waals surface area contributed by atoms with Crippen LogP contribution >= 0.6 is 11.3 Å². The minimum absolute atomic E-state index is 0.182. The van der Waals surface area contributed by atoms with Crippen LogP contribution in [0.25, 0.3) is 43.6 Å². The first kappa shape index (κ1) is 19.7. The quantitative estimate of drug-likeness (QED) is 0.359. The number of nitrogens with zero attached hydrogens (tertiary/aromatic N) is 4. The second-order valence-electron chi connectivity index (χ2n) is 7.22. The van der Waals surface area contributed by atoms with Crippen LogP contribution < -0.4 is 5.56 Å². The summed E-state index contributed by atoms with van der Waals surface area (Å²) in [5.41, 5.74) is 5.33. The van der Waals surface area contributed by atoms with Gasteiger partial charge >= 0.3 is 0 Å². The summed E-state index contributed by atoms with van der Waals surface area (Å²) in [6, 6.07) is 20.8. The highest BCUT2D eigenvalue weighted by Crippen LogP contribution is 2.29. The van der Waals surface area contributed by atoms with Crippen LogP contribution in [0.2, 0.25) is 0 Å². The van der Waals surface area contributed by atoms with E-state index in [1.807, 2.05) is 54.8 Å². The molecule has 0 aliphatic carbocycles. The predicted octanol–water partition coefficient (Wildman–Crippen LogP) is 5.88. The maximum atomic E-state index is 13.1. The van der Waals surface area contributed by atoms with Crippen LogP contribution in [-0.4, -0.2) is 19.7 Å². The van der Waals surface area contributed by atoms with Crippen molar-refractivity contribution in [1.29, 1.82) is 0 Å². The molecule has 5 rings (SSSR count). The highest BCUT2D eigenvalue weighted by molar-refractivity contribution is 7.13. The maximum absolute atomic E-state index is 13.1. The summed E-state index contributed by atoms with van der Waals surface area (Å²) < 4.78 is 1.44. The van der Waals surface area contributed by atoms with Crippen LogP contribution in [0.15, 0.2) is 83.1 Å². The summed E-state index contributed by atoms with van der Waals surface area (Å²) in [7, 11) is 0. The topological polar surface area (TPSA) is 67.9 Å². The van der Waals surface area contributed by atoms with Gasteiger partial charge in [0.05, 0.1) is 17.8 Å². The van der Waals surface area contributed by atoms with Crippen molar-refractivity contribution >= 4 is 17.0 Å². The Morgan fingerprint density at radius 3 is 2.41 bits per heavy atom. The fraction of sp³-hybridized carbons (Fsp3) is 0.0400. The molecule has 0 aliphatic heterocycles. The molecule has 5 aromatic rings. The van der Waals surface area contributed by atoms with Gasteiger partial charge in [0.15, 0.2) is 11.5 Å². The van der Waals surface area contributed by atoms with Crippen LogP contribution in [0.3, 0.4) is 0 Å². The number of benzene rings is 2. The van der Waals surface area contributed by atoms with E-state index in [0.717, 1.165) is 33.1 Å². The van der Waals surface area contributed by atoms with Crippen molar-refractivity contribution in [1.82, 2.24) is 19.7 Å². The van der Waals surface area contributed by atoms with Gasteiger partial charge in [-0.3, -0.25) is 9.89 Å². The number of pyridine rings is 1. The highest BCUT2D eigenvalue weighted by atomic mass is 32.1. The van der Waals surface area contributed by atoms with Crippen molar-refractivity contribution in [3.8, 4) is 38.8 Å². The Hall–Kier alpha value is -4.28. The lowest BCUT2D eigenvalue weighted by Crippen LogP contribution is -2.16. The normalized spacial score (nSPS) is 10.8. The van der Waals surface area contributed by atoms with Gasteiger partial charge in [-0.2, -0.15) is 0 Å². The Balaban J connectivity index is 1.45. The average Bonchev–Trinajstić information content (AvgIpc) is 3.45. The van der Waals surface area contributed by atoms with Crippen molar-refractivity contribution in [2.45, 2.75) is 6.92 Å². The number of aromatic nitrogens is 4. The van der Waals surface area contributed by atoms with Gasteiger partial charge in [-0.05, 0) is 24.6 Å². The Kier molecular flexibility index (Phi) is 4.98. The Bertz CT molecular complexity index is 1490. The molecule has 2 aromatic carbocycles. The second kappa shape index (κ2) is 8.10. The summed E-state index contributed by atoms with van der Waals surface area (Å²) in [6.07, 6.45) is 1.73. The standard InChI is InChI=1S/C25H17N5OS/c1-16-23(18-8-11-20(26-2)12-9-18)25(31)30(29-16)22-13-10-19(14-27-22)24-28-21(15-32-24)17-6-4-3-5-7-17/h3-15,29H,1H3. The first-order valence-electron chi connectivity index (χ1n) is 9.91. The molecule has 3 heterocycles. The Morgan fingerprint density at radius 1 is 0.969 bits per heavy atom. The van der Waals surface area contributed by atoms with E-state index in [4.69, 9.17) is 11.6 Å². The van der Waals surface area contributed by atoms with Gasteiger partial charge in [-0.15, -0.1) is 11.3 Å². The zero-order chi connectivity index (χ0) is 22.1. The van der Waals surface area contributed by atoms with Crippen molar-refractivity contribution in [3.63, 3.8) is 0 Å². The lowest BCUT2D eigenvalue weighted by atomic mass is 10.1. The molecule has 0 radical (unpaired) electrons. The van der Waals surface area contributed by atoms with E-state index >= 15 is 0 Å². The van der Waals surface area contributed by atoms with E-state index in [0.29, 0.717) is 17.1 Å². The van der Waals surface area contributed by atoms with Crippen LogP contribution in [0.5, 0.6) is 0 Å². The number of thiazole rings is 1. The molecule has 0 atom stereocenters. The number of H-pyrrole nitrogens is 1. The zero-order valence-corrected chi connectivity index (χ0v) is 17.9. The number of rotatable bonds is 4. The van der Waals surface area contributed by atoms with Gasteiger partial charge in [0.1, 0.15) is 5.01 Å². The van der Waals surface area contributed by atoms with Crippen LogP contribution in [0, 0.1) is 13.5 Å². The molecule has 0 saturated carbocycles. The molecule has 0 aliphatic rings. The van der Waals surface area contributed by atoms with E-state index < -0.39 is 0 Å². The molecule has 6 nitrogen and oxygen atoms in total. The van der Waals surface area contributed by atoms with Gasteiger partial charge < -0.3 is 0 Å². The highest BCUT2D eigenvalue weighted by Gasteiger charge is 2.15. The number of hydrogen-bond acceptors (Lipinski definition) is 4. The molecule has 1 N–H and O–H groups in total. The number of hydrogen-bond donors (Lipinski definition) is 1. The van der Waals surface area contributed by atoms with E-state index in [9.17, 15) is 4.79 Å². The first-order valence-corrected chi connectivity index (χ1v) is 10.8. The second-order valence-corrected chi connectivity index (χ2v) is 8.08. The molecule has 32 heavy (non-hydrogen) atoms. The van der Waals surface area contributed by atoms with Gasteiger partial charge in [-0.25, -0.2) is 19.5 Å². The third-order valence-electron chi connectivity index (χ3n) is 5.15. The van der Waals surface area contributed by atoms with Gasteiger partial charge in [0.25, 0.3) is 5.56 Å². The average molecular weight is 436 g/mol. The first-order chi connectivity index (χ1) is 15.6. The predicted molar refractivity (Wildman–Crippen MR) is 127 cm³/mol. The monoisotopic (exact) mass is 435 g/mol. The summed E-state index contributed by atoms with van der Waals surface area (Å²) >= 11 is 1.56. The molecule has 0 spiro atoms. The van der Waals surface area contributed by atoms with E-state index in [1.54, 1.807) is 41.8 Å². The van der Waals surface area contributed by atoms with Crippen molar-refractivity contribution in [2.24, 2.45) is 0 Å². The summed E-state index contributed by atoms with van der Waals surface area (Å²) in [5.74, 6) is 0.505. The largest absolute Gasteiger partial charge is 0.293 e. The Labute approximate surface area is 188 Å². The van der Waals surface area contributed by atoms with Gasteiger partial charge in [0, 0.05) is 28.4 Å². The van der Waals surface area contributed by atoms with E-state index in [-0.39, 0.29) is 5.56 Å². The molecule has 3 aromatic heterocycles. The third-order valence-corrected chi connectivity index (χ3v) is 6.05. The van der Waals surface area contributed by atoms with E-state index in [1.165, 1.54) is 4.68 Å². The molecule has 0 amide bonds. The van der Waals surface area contributed by atoms with Crippen molar-refractivity contribution < 1.29 is 0 Å². The molecular formula is C25H17N5OS. The lowest BCUT2D eigenvalue weighted by molar-refractivity contribution is 0.807. The fourth-order valence-corrected chi connectivity index (χ4v) is 4.36. The maximum Gasteiger partial charge on any atom is 0.280 e. The van der Waals surface area contributed by atoms with E-state index in [2.05, 4.69) is 14.9 Å². The zero-order valence-electron chi connectivity index (χ0n) is 17.1. The number of aromatic amines is 1. The van der Waals surface area contributed by atoms with Gasteiger partial charge in [-0.1, -0.05) is 54.6 Å². The molecular weight excluding hydrogens is 418 g/mol. The molecule has 0 bridgehead atoms. The minimum atomic E-state index is -0.182. The number of aryl methyl sites for hydroxylation is 1. The lowest BCUT2D eigenvalue weighted by Gasteiger charge is -2.02. The minimum Gasteiger partial charge on any atom is -0.293 e. The fourth-order valence-electron chi connectivity index (χ4n) is 3.54. The molecule has 154 valence electrons.